The first kappa shape index (κ1) is 16.3. The quantitative estimate of drug-likeness (QED) is 0.438. The fourth-order valence-electron chi connectivity index (χ4n) is 2.26. The van der Waals surface area contributed by atoms with Crippen LogP contribution in [0.2, 0.25) is 0 Å². The van der Waals surface area contributed by atoms with Gasteiger partial charge in [0.2, 0.25) is 0 Å². The van der Waals surface area contributed by atoms with Gasteiger partial charge in [-0.3, -0.25) is 4.79 Å². The van der Waals surface area contributed by atoms with Crippen LogP contribution in [0.25, 0.3) is 16.8 Å². The maximum atomic E-state index is 12.9. The molecule has 0 saturated heterocycles. The average Bonchev–Trinajstić information content (AvgIpc) is 2.92. The molecule has 24 heavy (non-hydrogen) atoms. The Bertz CT molecular complexity index is 933. The zero-order valence-corrected chi connectivity index (χ0v) is 12.8. The fraction of sp³-hybridized carbons (Fsp3) is 0.125. The van der Waals surface area contributed by atoms with Gasteiger partial charge in [-0.25, -0.2) is 8.91 Å². The van der Waals surface area contributed by atoms with E-state index in [2.05, 4.69) is 23.8 Å². The number of thiol groups is 1. The molecular weight excluding hydrogens is 344 g/mol. The van der Waals surface area contributed by atoms with Crippen molar-refractivity contribution in [1.29, 1.82) is 0 Å². The molecule has 122 valence electrons. The van der Waals surface area contributed by atoms with E-state index in [1.54, 1.807) is 24.3 Å². The molecule has 2 heterocycles. The van der Waals surface area contributed by atoms with Gasteiger partial charge in [0.25, 0.3) is 0 Å². The molecule has 3 nitrogen and oxygen atoms in total. The standard InChI is InChI=1S/C16H8F4N2OS/c17-7-13(23)14-12-5-4-10(16(18,19)20)8-22(12)21-15(14)9-2-1-3-11(24)6-9/h1-3,6,8,24H,7H2. The maximum absolute atomic E-state index is 12.9. The molecule has 0 aliphatic heterocycles. The van der Waals surface area contributed by atoms with E-state index in [1.807, 2.05) is 6.07 Å². The second kappa shape index (κ2) is 5.83. The molecule has 0 saturated carbocycles. The number of aromatic nitrogens is 2. The predicted molar refractivity (Wildman–Crippen MR) is 80.9 cm³/mol. The minimum Gasteiger partial charge on any atom is -0.291 e. The molecule has 0 bridgehead atoms. The number of alkyl halides is 4. The number of ketones is 1. The molecule has 0 N–H and O–H groups in total. The summed E-state index contributed by atoms with van der Waals surface area (Å²) in [4.78, 5) is 12.5. The highest BCUT2D eigenvalue weighted by atomic mass is 32.1. The van der Waals surface area contributed by atoms with Crippen molar-refractivity contribution in [2.24, 2.45) is 0 Å². The summed E-state index contributed by atoms with van der Waals surface area (Å²) in [6.45, 7) is -1.30. The summed E-state index contributed by atoms with van der Waals surface area (Å²) in [7, 11) is 0. The molecule has 8 heteroatoms. The Balaban J connectivity index is 2.29. The summed E-state index contributed by atoms with van der Waals surface area (Å²) in [5, 5.41) is 4.01. The summed E-state index contributed by atoms with van der Waals surface area (Å²) < 4.78 is 52.2. The Hall–Kier alpha value is -2.53. The maximum Gasteiger partial charge on any atom is 0.425 e. The topological polar surface area (TPSA) is 34.4 Å². The third-order valence-corrected chi connectivity index (χ3v) is 3.58. The van der Waals surface area contributed by atoms with Crippen LogP contribution < -0.4 is 0 Å². The number of halogens is 4. The molecule has 0 amide bonds. The summed E-state index contributed by atoms with van der Waals surface area (Å²) in [5.74, 6) is -0.894. The van der Waals surface area contributed by atoms with Crippen LogP contribution in [0.4, 0.5) is 17.6 Å². The highest BCUT2D eigenvalue weighted by Gasteiger charge is 2.32. The Morgan fingerprint density at radius 3 is 2.67 bits per heavy atom. The van der Waals surface area contributed by atoms with Gasteiger partial charge in [0.1, 0.15) is 16.8 Å². The predicted octanol–water partition coefficient (Wildman–Crippen LogP) is 4.06. The van der Waals surface area contributed by atoms with E-state index in [9.17, 15) is 22.4 Å². The van der Waals surface area contributed by atoms with Crippen molar-refractivity contribution in [2.45, 2.75) is 11.1 Å². The van der Waals surface area contributed by atoms with Crippen molar-refractivity contribution >= 4 is 23.9 Å². The minimum atomic E-state index is -4.63. The zero-order chi connectivity index (χ0) is 17.5. The summed E-state index contributed by atoms with van der Waals surface area (Å²) in [6.07, 6.45) is -3.94. The number of hydrogen-bond donors (Lipinski definition) is 1. The van der Waals surface area contributed by atoms with Crippen molar-refractivity contribution in [3.63, 3.8) is 0 Å². The molecule has 3 aromatic rings. The molecule has 0 fully saturated rings. The van der Waals surface area contributed by atoms with E-state index < -0.39 is 24.2 Å². The molecule has 1 aromatic carbocycles. The van der Waals surface area contributed by atoms with Crippen molar-refractivity contribution in [3.8, 4) is 11.3 Å². The normalized spacial score (nSPS) is 11.5. The Kier molecular flexibility index (Phi) is 3.97. The van der Waals surface area contributed by atoms with E-state index in [4.69, 9.17) is 0 Å². The van der Waals surface area contributed by atoms with Crippen molar-refractivity contribution in [1.82, 2.24) is 9.61 Å². The van der Waals surface area contributed by atoms with Crippen LogP contribution in [0.1, 0.15) is 15.9 Å². The van der Waals surface area contributed by atoms with Gasteiger partial charge in [0.05, 0.1) is 11.8 Å². The third kappa shape index (κ3) is 2.83. The van der Waals surface area contributed by atoms with E-state index in [0.29, 0.717) is 16.7 Å². The van der Waals surface area contributed by atoms with Gasteiger partial charge in [-0.15, -0.1) is 12.6 Å². The van der Waals surface area contributed by atoms with Gasteiger partial charge in [0, 0.05) is 10.5 Å². The smallest absolute Gasteiger partial charge is 0.291 e. The van der Waals surface area contributed by atoms with E-state index in [0.717, 1.165) is 4.52 Å². The minimum absolute atomic E-state index is 0.0646. The zero-order valence-electron chi connectivity index (χ0n) is 11.9. The van der Waals surface area contributed by atoms with Crippen LogP contribution in [0.5, 0.6) is 0 Å². The van der Waals surface area contributed by atoms with Crippen molar-refractivity contribution in [2.75, 3.05) is 6.67 Å². The van der Waals surface area contributed by atoms with E-state index in [-0.39, 0.29) is 16.8 Å². The number of nitrogens with zero attached hydrogens (tertiary/aromatic N) is 2. The first-order valence-electron chi connectivity index (χ1n) is 6.63. The van der Waals surface area contributed by atoms with Crippen LogP contribution >= 0.6 is 12.6 Å². The number of fused-ring (bicyclic) bond motifs is 1. The van der Waals surface area contributed by atoms with Crippen molar-refractivity contribution < 1.29 is 22.4 Å². The van der Waals surface area contributed by atoms with Gasteiger partial charge in [-0.2, -0.15) is 18.3 Å². The molecule has 0 spiro atoms. The lowest BCUT2D eigenvalue weighted by atomic mass is 10.0. The molecular formula is C16H8F4N2OS. The summed E-state index contributed by atoms with van der Waals surface area (Å²) in [6, 6.07) is 10.7. The SMILES string of the molecule is O=C(CF)c1c(-c2cccc(S)c2)nn2cc(C(F)(F)F)c#cc12. The molecule has 0 radical (unpaired) electrons. The largest absolute Gasteiger partial charge is 0.425 e. The summed E-state index contributed by atoms with van der Waals surface area (Å²) in [5.41, 5.74) is -0.791. The Labute approximate surface area is 139 Å². The average molecular weight is 352 g/mol. The lowest BCUT2D eigenvalue weighted by Crippen LogP contribution is -2.06. The molecule has 0 aliphatic rings. The fourth-order valence-corrected chi connectivity index (χ4v) is 2.48. The molecule has 0 atom stereocenters. The molecule has 0 aliphatic carbocycles. The summed E-state index contributed by atoms with van der Waals surface area (Å²) >= 11 is 4.17. The van der Waals surface area contributed by atoms with Crippen LogP contribution in [0, 0.1) is 12.1 Å². The second-order valence-corrected chi connectivity index (χ2v) is 5.43. The van der Waals surface area contributed by atoms with Gasteiger partial charge in [0.15, 0.2) is 12.5 Å². The molecule has 0 unspecified atom stereocenters. The van der Waals surface area contributed by atoms with E-state index >= 15 is 0 Å². The Morgan fingerprint density at radius 2 is 2.04 bits per heavy atom. The lowest BCUT2D eigenvalue weighted by Gasteiger charge is -2.02. The first-order valence-corrected chi connectivity index (χ1v) is 7.08. The first-order chi connectivity index (χ1) is 11.3. The number of carbonyl (C=O) groups is 1. The molecule has 3 rings (SSSR count). The van der Waals surface area contributed by atoms with Crippen LogP contribution in [0.3, 0.4) is 0 Å². The molecule has 2 aromatic heterocycles. The van der Waals surface area contributed by atoms with Crippen LogP contribution in [-0.4, -0.2) is 22.1 Å². The van der Waals surface area contributed by atoms with Gasteiger partial charge in [-0.05, 0) is 18.2 Å². The highest BCUT2D eigenvalue weighted by molar-refractivity contribution is 7.80. The number of hydrogen-bond acceptors (Lipinski definition) is 3. The van der Waals surface area contributed by atoms with Gasteiger partial charge < -0.3 is 0 Å². The van der Waals surface area contributed by atoms with Crippen LogP contribution in [-0.2, 0) is 6.18 Å². The number of rotatable bonds is 3. The monoisotopic (exact) mass is 352 g/mol. The van der Waals surface area contributed by atoms with Crippen molar-refractivity contribution in [3.05, 3.63) is 53.7 Å². The van der Waals surface area contributed by atoms with Crippen LogP contribution in [0.15, 0.2) is 35.4 Å². The number of benzene rings is 1. The van der Waals surface area contributed by atoms with Gasteiger partial charge >= 0.3 is 6.18 Å². The van der Waals surface area contributed by atoms with Gasteiger partial charge in [-0.1, -0.05) is 18.2 Å². The number of Topliss-reactive ketones (excluding diaryl/α,β-unsaturated/α-hetero) is 1. The third-order valence-electron chi connectivity index (χ3n) is 3.30. The van der Waals surface area contributed by atoms with E-state index in [1.165, 1.54) is 0 Å². The number of carbonyl (C=O) groups excluding carboxylic acids is 1. The second-order valence-electron chi connectivity index (χ2n) is 4.91. The Morgan fingerprint density at radius 1 is 1.29 bits per heavy atom. The lowest BCUT2D eigenvalue weighted by molar-refractivity contribution is -0.137. The highest BCUT2D eigenvalue weighted by Crippen LogP contribution is 2.31.